The van der Waals surface area contributed by atoms with Crippen LogP contribution in [0, 0.1) is 0 Å². The van der Waals surface area contributed by atoms with Crippen molar-refractivity contribution in [1.29, 1.82) is 0 Å². The minimum Gasteiger partial charge on any atom is -0.497 e. The van der Waals surface area contributed by atoms with Crippen LogP contribution in [0.1, 0.15) is 18.5 Å². The standard InChI is InChI=1S/C23H21ClN4O4S3/c1-32-16-7-8-17-19(13-16)33-23(26-17)27(14-15-5-2-3-11-25-15)22(29)18-6-4-12-28(18)35(30,31)21-10-9-20(24)34-21/h2-3,5,7-11,13,18H,4,6,12,14H2,1H3. The molecule has 0 saturated carbocycles. The fourth-order valence-electron chi connectivity index (χ4n) is 4.04. The second-order valence-corrected chi connectivity index (χ2v) is 12.7. The molecule has 1 aromatic carbocycles. The number of halogens is 1. The highest BCUT2D eigenvalue weighted by atomic mass is 35.5. The molecule has 1 atom stereocenters. The Morgan fingerprint density at radius 2 is 2.09 bits per heavy atom. The molecule has 4 aromatic rings. The number of rotatable bonds is 7. The van der Waals surface area contributed by atoms with Crippen LogP contribution in [0.25, 0.3) is 10.2 Å². The Labute approximate surface area is 215 Å². The molecule has 12 heteroatoms. The zero-order chi connectivity index (χ0) is 24.6. The van der Waals surface area contributed by atoms with E-state index >= 15 is 0 Å². The third-order valence-corrected chi connectivity index (χ3v) is 10.4. The summed E-state index contributed by atoms with van der Waals surface area (Å²) in [6.07, 6.45) is 2.67. The van der Waals surface area contributed by atoms with Crippen molar-refractivity contribution in [3.05, 3.63) is 64.8 Å². The van der Waals surface area contributed by atoms with Crippen LogP contribution in [-0.4, -0.2) is 48.3 Å². The molecule has 35 heavy (non-hydrogen) atoms. The predicted molar refractivity (Wildman–Crippen MR) is 138 cm³/mol. The summed E-state index contributed by atoms with van der Waals surface area (Å²) in [5, 5.41) is 0.479. The van der Waals surface area contributed by atoms with Crippen molar-refractivity contribution in [2.45, 2.75) is 29.6 Å². The fraction of sp³-hybridized carbons (Fsp3) is 0.261. The Balaban J connectivity index is 1.52. The van der Waals surface area contributed by atoms with Crippen molar-refractivity contribution < 1.29 is 17.9 Å². The molecule has 1 fully saturated rings. The summed E-state index contributed by atoms with van der Waals surface area (Å²) in [6, 6.07) is 13.2. The Morgan fingerprint density at radius 3 is 2.80 bits per heavy atom. The molecule has 4 heterocycles. The van der Waals surface area contributed by atoms with Crippen molar-refractivity contribution >= 4 is 65.6 Å². The van der Waals surface area contributed by atoms with E-state index in [-0.39, 0.29) is 23.2 Å². The maximum atomic E-state index is 14.0. The molecular weight excluding hydrogens is 528 g/mol. The van der Waals surface area contributed by atoms with Crippen LogP contribution in [0.5, 0.6) is 5.75 Å². The van der Waals surface area contributed by atoms with Crippen molar-refractivity contribution in [2.24, 2.45) is 0 Å². The zero-order valence-electron chi connectivity index (χ0n) is 18.6. The number of thiazole rings is 1. The molecule has 1 aliphatic heterocycles. The lowest BCUT2D eigenvalue weighted by molar-refractivity contribution is -0.121. The van der Waals surface area contributed by atoms with Gasteiger partial charge in [0, 0.05) is 12.7 Å². The van der Waals surface area contributed by atoms with Crippen LogP contribution < -0.4 is 9.64 Å². The van der Waals surface area contributed by atoms with E-state index in [9.17, 15) is 13.2 Å². The molecule has 3 aromatic heterocycles. The Kier molecular flexibility index (Phi) is 6.78. The highest BCUT2D eigenvalue weighted by Gasteiger charge is 2.42. The number of amides is 1. The molecule has 0 aliphatic carbocycles. The van der Waals surface area contributed by atoms with Crippen LogP contribution in [0.4, 0.5) is 5.13 Å². The average molecular weight is 549 g/mol. The summed E-state index contributed by atoms with van der Waals surface area (Å²) in [6.45, 7) is 0.439. The molecule has 1 saturated heterocycles. The van der Waals surface area contributed by atoms with Gasteiger partial charge in [-0.3, -0.25) is 14.7 Å². The lowest BCUT2D eigenvalue weighted by atomic mass is 10.2. The van der Waals surface area contributed by atoms with Crippen molar-refractivity contribution in [2.75, 3.05) is 18.6 Å². The van der Waals surface area contributed by atoms with Crippen molar-refractivity contribution in [1.82, 2.24) is 14.3 Å². The summed E-state index contributed by atoms with van der Waals surface area (Å²) < 4.78 is 34.7. The van der Waals surface area contributed by atoms with Gasteiger partial charge in [-0.05, 0) is 55.3 Å². The number of ether oxygens (including phenoxy) is 1. The van der Waals surface area contributed by atoms with Crippen LogP contribution >= 0.6 is 34.3 Å². The molecule has 1 unspecified atom stereocenters. The number of methoxy groups -OCH3 is 1. The number of carbonyl (C=O) groups is 1. The molecule has 1 aliphatic rings. The lowest BCUT2D eigenvalue weighted by Gasteiger charge is -2.28. The smallest absolute Gasteiger partial charge is 0.253 e. The van der Waals surface area contributed by atoms with Gasteiger partial charge in [-0.15, -0.1) is 11.3 Å². The fourth-order valence-corrected chi connectivity index (χ4v) is 8.30. The maximum absolute atomic E-state index is 14.0. The highest BCUT2D eigenvalue weighted by molar-refractivity contribution is 7.91. The van der Waals surface area contributed by atoms with Crippen LogP contribution in [0.2, 0.25) is 4.34 Å². The van der Waals surface area contributed by atoms with E-state index in [1.165, 1.54) is 21.7 Å². The molecule has 5 rings (SSSR count). The molecule has 0 radical (unpaired) electrons. The predicted octanol–water partition coefficient (Wildman–Crippen LogP) is 4.80. The first-order valence-electron chi connectivity index (χ1n) is 10.8. The van der Waals surface area contributed by atoms with E-state index in [4.69, 9.17) is 16.3 Å². The van der Waals surface area contributed by atoms with Crippen molar-refractivity contribution in [3.63, 3.8) is 0 Å². The van der Waals surface area contributed by atoms with Crippen LogP contribution in [-0.2, 0) is 21.4 Å². The topological polar surface area (TPSA) is 92.7 Å². The molecule has 182 valence electrons. The van der Waals surface area contributed by atoms with E-state index in [0.717, 1.165) is 21.6 Å². The van der Waals surface area contributed by atoms with Gasteiger partial charge in [0.1, 0.15) is 16.0 Å². The SMILES string of the molecule is COc1ccc2nc(N(Cc3ccccn3)C(=O)C3CCCN3S(=O)(=O)c3ccc(Cl)s3)sc2c1. The first-order valence-corrected chi connectivity index (χ1v) is 14.2. The number of pyridine rings is 1. The van der Waals surface area contributed by atoms with E-state index in [1.807, 2.05) is 30.3 Å². The maximum Gasteiger partial charge on any atom is 0.253 e. The number of fused-ring (bicyclic) bond motifs is 1. The van der Waals surface area contributed by atoms with Crippen LogP contribution in [0.15, 0.2) is 58.9 Å². The van der Waals surface area contributed by atoms with Gasteiger partial charge < -0.3 is 4.74 Å². The minimum atomic E-state index is -3.86. The van der Waals surface area contributed by atoms with Gasteiger partial charge in [-0.1, -0.05) is 29.0 Å². The largest absolute Gasteiger partial charge is 0.497 e. The van der Waals surface area contributed by atoms with Gasteiger partial charge in [0.15, 0.2) is 5.13 Å². The van der Waals surface area contributed by atoms with Crippen molar-refractivity contribution in [3.8, 4) is 5.75 Å². The van der Waals surface area contributed by atoms with Gasteiger partial charge in [-0.2, -0.15) is 4.31 Å². The van der Waals surface area contributed by atoms with Gasteiger partial charge >= 0.3 is 0 Å². The first-order chi connectivity index (χ1) is 16.9. The summed E-state index contributed by atoms with van der Waals surface area (Å²) in [5.74, 6) is 0.364. The molecule has 0 N–H and O–H groups in total. The van der Waals surface area contributed by atoms with Gasteiger partial charge in [-0.25, -0.2) is 13.4 Å². The molecule has 8 nitrogen and oxygen atoms in total. The monoisotopic (exact) mass is 548 g/mol. The minimum absolute atomic E-state index is 0.130. The van der Waals surface area contributed by atoms with Gasteiger partial charge in [0.05, 0.1) is 33.9 Å². The molecule has 0 spiro atoms. The van der Waals surface area contributed by atoms with Crippen LogP contribution in [0.3, 0.4) is 0 Å². The first kappa shape index (κ1) is 24.1. The van der Waals surface area contributed by atoms with E-state index < -0.39 is 16.1 Å². The number of hydrogen-bond donors (Lipinski definition) is 0. The number of aromatic nitrogens is 2. The number of anilines is 1. The zero-order valence-corrected chi connectivity index (χ0v) is 21.8. The number of sulfonamides is 1. The molecular formula is C23H21ClN4O4S3. The number of thiophene rings is 1. The Hall–Kier alpha value is -2.57. The second-order valence-electron chi connectivity index (χ2n) is 7.91. The number of nitrogens with zero attached hydrogens (tertiary/aromatic N) is 4. The third-order valence-electron chi connectivity index (χ3n) is 5.73. The Morgan fingerprint density at radius 1 is 1.23 bits per heavy atom. The van der Waals surface area contributed by atoms with E-state index in [1.54, 1.807) is 30.3 Å². The number of carbonyl (C=O) groups excluding carboxylic acids is 1. The molecule has 0 bridgehead atoms. The third kappa shape index (κ3) is 4.78. The summed E-state index contributed by atoms with van der Waals surface area (Å²) >= 11 is 8.33. The summed E-state index contributed by atoms with van der Waals surface area (Å²) in [5.41, 5.74) is 1.41. The number of hydrogen-bond acceptors (Lipinski definition) is 8. The van der Waals surface area contributed by atoms with Gasteiger partial charge in [0.25, 0.3) is 10.0 Å². The van der Waals surface area contributed by atoms with E-state index in [2.05, 4.69) is 9.97 Å². The summed E-state index contributed by atoms with van der Waals surface area (Å²) in [7, 11) is -2.27. The quantitative estimate of drug-likeness (QED) is 0.329. The van der Waals surface area contributed by atoms with E-state index in [0.29, 0.717) is 33.8 Å². The molecule has 1 amide bonds. The summed E-state index contributed by atoms with van der Waals surface area (Å²) in [4.78, 5) is 24.5. The Bertz CT molecular complexity index is 1470. The van der Waals surface area contributed by atoms with Gasteiger partial charge in [0.2, 0.25) is 5.91 Å². The average Bonchev–Trinajstić information content (AvgIpc) is 3.61. The highest BCUT2D eigenvalue weighted by Crippen LogP contribution is 2.36. The number of benzene rings is 1. The normalized spacial score (nSPS) is 16.6. The lowest BCUT2D eigenvalue weighted by Crippen LogP contribution is -2.47. The second kappa shape index (κ2) is 9.82.